The first-order valence-corrected chi connectivity index (χ1v) is 8.73. The van der Waals surface area contributed by atoms with E-state index in [1.54, 1.807) is 17.4 Å². The van der Waals surface area contributed by atoms with Crippen molar-refractivity contribution in [2.24, 2.45) is 4.99 Å². The fraction of sp³-hybridized carbons (Fsp3) is 0.412. The van der Waals surface area contributed by atoms with Gasteiger partial charge in [0.05, 0.1) is 6.54 Å². The smallest absolute Gasteiger partial charge is 0.191 e. The molecule has 1 aromatic heterocycles. The zero-order valence-corrected chi connectivity index (χ0v) is 17.2. The van der Waals surface area contributed by atoms with Crippen LogP contribution in [0, 0.1) is 5.82 Å². The van der Waals surface area contributed by atoms with Gasteiger partial charge in [0.2, 0.25) is 0 Å². The Morgan fingerprint density at radius 1 is 1.25 bits per heavy atom. The van der Waals surface area contributed by atoms with Gasteiger partial charge >= 0.3 is 0 Å². The Labute approximate surface area is 164 Å². The van der Waals surface area contributed by atoms with E-state index in [4.69, 9.17) is 0 Å². The number of hydrogen-bond donors (Lipinski definition) is 2. The molecule has 0 atom stereocenters. The van der Waals surface area contributed by atoms with E-state index < -0.39 is 0 Å². The summed E-state index contributed by atoms with van der Waals surface area (Å²) in [4.78, 5) is 10.2. The lowest BCUT2D eigenvalue weighted by atomic mass is 10.1. The number of guanidine groups is 1. The van der Waals surface area contributed by atoms with E-state index in [2.05, 4.69) is 27.5 Å². The summed E-state index contributed by atoms with van der Waals surface area (Å²) in [7, 11) is 0. The summed E-state index contributed by atoms with van der Waals surface area (Å²) < 4.78 is 13.6. The largest absolute Gasteiger partial charge is 0.357 e. The number of halogens is 2. The molecule has 2 rings (SSSR count). The number of rotatable bonds is 7. The molecule has 0 unspecified atom stereocenters. The Hall–Kier alpha value is -1.22. The first-order valence-electron chi connectivity index (χ1n) is 7.92. The molecule has 0 saturated heterocycles. The summed E-state index contributed by atoms with van der Waals surface area (Å²) in [6.07, 6.45) is 3.53. The van der Waals surface area contributed by atoms with Gasteiger partial charge in [-0.15, -0.1) is 35.3 Å². The predicted molar refractivity (Wildman–Crippen MR) is 110 cm³/mol. The molecule has 0 amide bonds. The average molecular weight is 462 g/mol. The monoisotopic (exact) mass is 462 g/mol. The fourth-order valence-corrected chi connectivity index (χ4v) is 2.88. The third-order valence-electron chi connectivity index (χ3n) is 3.31. The van der Waals surface area contributed by atoms with Crippen LogP contribution in [0.5, 0.6) is 0 Å². The maximum Gasteiger partial charge on any atom is 0.191 e. The summed E-state index contributed by atoms with van der Waals surface area (Å²) in [6.45, 7) is 6.11. The van der Waals surface area contributed by atoms with Crippen molar-refractivity contribution >= 4 is 41.3 Å². The Kier molecular flexibility index (Phi) is 9.85. The Bertz CT molecular complexity index is 645. The molecule has 24 heavy (non-hydrogen) atoms. The third kappa shape index (κ3) is 6.72. The van der Waals surface area contributed by atoms with E-state index in [1.807, 2.05) is 25.3 Å². The van der Waals surface area contributed by atoms with Gasteiger partial charge in [0.15, 0.2) is 5.96 Å². The summed E-state index contributed by atoms with van der Waals surface area (Å²) in [5.41, 5.74) is 0.711. The highest BCUT2D eigenvalue weighted by molar-refractivity contribution is 14.0. The number of hydrogen-bond acceptors (Lipinski definition) is 3. The van der Waals surface area contributed by atoms with Crippen LogP contribution in [0.15, 0.2) is 35.5 Å². The van der Waals surface area contributed by atoms with Crippen LogP contribution in [0.25, 0.3) is 0 Å². The zero-order valence-electron chi connectivity index (χ0n) is 14.0. The van der Waals surface area contributed by atoms with Crippen LogP contribution < -0.4 is 10.6 Å². The second-order valence-corrected chi connectivity index (χ2v) is 6.24. The van der Waals surface area contributed by atoms with Crippen molar-refractivity contribution in [1.82, 2.24) is 15.6 Å². The van der Waals surface area contributed by atoms with Crippen molar-refractivity contribution in [2.45, 2.75) is 33.2 Å². The van der Waals surface area contributed by atoms with Crippen molar-refractivity contribution in [1.29, 1.82) is 0 Å². The molecule has 0 spiro atoms. The lowest BCUT2D eigenvalue weighted by Gasteiger charge is -2.11. The summed E-state index contributed by atoms with van der Waals surface area (Å²) in [6, 6.07) is 6.85. The molecule has 0 aliphatic rings. The molecule has 0 aliphatic heterocycles. The molecular weight excluding hydrogens is 438 g/mol. The molecule has 132 valence electrons. The molecule has 1 aromatic carbocycles. The van der Waals surface area contributed by atoms with E-state index in [-0.39, 0.29) is 29.8 Å². The van der Waals surface area contributed by atoms with Gasteiger partial charge in [-0.05, 0) is 31.4 Å². The van der Waals surface area contributed by atoms with E-state index >= 15 is 0 Å². The highest BCUT2D eigenvalue weighted by Crippen LogP contribution is 2.14. The number of aliphatic imine (C=N–C) groups is 1. The molecule has 2 N–H and O–H groups in total. The normalized spacial score (nSPS) is 11.0. The molecule has 0 aliphatic carbocycles. The van der Waals surface area contributed by atoms with Crippen molar-refractivity contribution in [3.63, 3.8) is 0 Å². The van der Waals surface area contributed by atoms with Crippen LogP contribution in [0.2, 0.25) is 0 Å². The minimum absolute atomic E-state index is 0. The number of aromatic nitrogens is 1. The lowest BCUT2D eigenvalue weighted by Crippen LogP contribution is -2.38. The van der Waals surface area contributed by atoms with Crippen LogP contribution >= 0.6 is 35.3 Å². The quantitative estimate of drug-likeness (QED) is 0.374. The SMILES string of the molecule is CCNC(=NCc1ncc(CC)s1)NCCc1ccccc1F.I. The van der Waals surface area contributed by atoms with Gasteiger partial charge in [-0.2, -0.15) is 0 Å². The van der Waals surface area contributed by atoms with E-state index in [9.17, 15) is 4.39 Å². The molecule has 0 fully saturated rings. The molecular formula is C17H24FIN4S. The standard InChI is InChI=1S/C17H23FN4S.HI/c1-3-14-11-21-16(23-14)12-22-17(19-4-2)20-10-9-13-7-5-6-8-15(13)18;/h5-8,11H,3-4,9-10,12H2,1-2H3,(H2,19,20,22);1H. The van der Waals surface area contributed by atoms with Gasteiger partial charge in [0.25, 0.3) is 0 Å². The molecule has 4 nitrogen and oxygen atoms in total. The van der Waals surface area contributed by atoms with Gasteiger partial charge in [0, 0.05) is 24.2 Å². The van der Waals surface area contributed by atoms with E-state index in [0.29, 0.717) is 25.1 Å². The fourth-order valence-electron chi connectivity index (χ4n) is 2.09. The van der Waals surface area contributed by atoms with Crippen LogP contribution in [0.3, 0.4) is 0 Å². The van der Waals surface area contributed by atoms with Crippen LogP contribution in [0.4, 0.5) is 4.39 Å². The average Bonchev–Trinajstić information content (AvgIpc) is 3.02. The number of nitrogens with one attached hydrogen (secondary N) is 2. The highest BCUT2D eigenvalue weighted by Gasteiger charge is 2.03. The van der Waals surface area contributed by atoms with Crippen LogP contribution in [-0.2, 0) is 19.4 Å². The van der Waals surface area contributed by atoms with Gasteiger partial charge < -0.3 is 10.6 Å². The maximum absolute atomic E-state index is 13.6. The molecule has 1 heterocycles. The summed E-state index contributed by atoms with van der Waals surface area (Å²) in [5.74, 6) is 0.572. The Morgan fingerprint density at radius 3 is 2.71 bits per heavy atom. The number of nitrogens with zero attached hydrogens (tertiary/aromatic N) is 2. The van der Waals surface area contributed by atoms with Gasteiger partial charge in [-0.3, -0.25) is 0 Å². The molecule has 0 bridgehead atoms. The van der Waals surface area contributed by atoms with E-state index in [0.717, 1.165) is 23.9 Å². The summed E-state index contributed by atoms with van der Waals surface area (Å²) in [5, 5.41) is 7.44. The number of aryl methyl sites for hydroxylation is 1. The zero-order chi connectivity index (χ0) is 16.5. The van der Waals surface area contributed by atoms with E-state index in [1.165, 1.54) is 10.9 Å². The highest BCUT2D eigenvalue weighted by atomic mass is 127. The molecule has 0 saturated carbocycles. The summed E-state index contributed by atoms with van der Waals surface area (Å²) >= 11 is 1.69. The topological polar surface area (TPSA) is 49.3 Å². The lowest BCUT2D eigenvalue weighted by molar-refractivity contribution is 0.606. The molecule has 7 heteroatoms. The van der Waals surface area contributed by atoms with Crippen molar-refractivity contribution in [3.05, 3.63) is 51.7 Å². The van der Waals surface area contributed by atoms with Crippen LogP contribution in [-0.4, -0.2) is 24.0 Å². The second kappa shape index (κ2) is 11.4. The van der Waals surface area contributed by atoms with Gasteiger partial charge in [-0.1, -0.05) is 25.1 Å². The third-order valence-corrected chi connectivity index (χ3v) is 4.44. The minimum Gasteiger partial charge on any atom is -0.357 e. The van der Waals surface area contributed by atoms with Gasteiger partial charge in [-0.25, -0.2) is 14.4 Å². The van der Waals surface area contributed by atoms with Crippen molar-refractivity contribution < 1.29 is 4.39 Å². The Balaban J connectivity index is 0.00000288. The van der Waals surface area contributed by atoms with Crippen LogP contribution in [0.1, 0.15) is 29.3 Å². The number of thiazole rings is 1. The first-order chi connectivity index (χ1) is 11.2. The predicted octanol–water partition coefficient (Wildman–Crippen LogP) is 3.76. The second-order valence-electron chi connectivity index (χ2n) is 5.04. The number of benzene rings is 1. The van der Waals surface area contributed by atoms with Gasteiger partial charge in [0.1, 0.15) is 10.8 Å². The Morgan fingerprint density at radius 2 is 2.04 bits per heavy atom. The maximum atomic E-state index is 13.6. The minimum atomic E-state index is -0.161. The first kappa shape index (κ1) is 20.8. The van der Waals surface area contributed by atoms with Crippen molar-refractivity contribution in [2.75, 3.05) is 13.1 Å². The molecule has 0 radical (unpaired) electrons. The molecule has 2 aromatic rings. The van der Waals surface area contributed by atoms with Crippen molar-refractivity contribution in [3.8, 4) is 0 Å².